The summed E-state index contributed by atoms with van der Waals surface area (Å²) in [4.78, 5) is 10.7. The number of ether oxygens (including phenoxy) is 1. The van der Waals surface area contributed by atoms with E-state index in [-0.39, 0.29) is 0 Å². The molecule has 0 spiro atoms. The molecule has 2 aromatic rings. The summed E-state index contributed by atoms with van der Waals surface area (Å²) in [7, 11) is 0. The minimum Gasteiger partial charge on any atom is -0.493 e. The van der Waals surface area contributed by atoms with E-state index in [1.807, 2.05) is 38.1 Å². The van der Waals surface area contributed by atoms with Gasteiger partial charge in [0.1, 0.15) is 11.4 Å². The van der Waals surface area contributed by atoms with Crippen molar-refractivity contribution in [2.75, 3.05) is 6.61 Å². The van der Waals surface area contributed by atoms with Crippen LogP contribution in [0.3, 0.4) is 0 Å². The predicted octanol–water partition coefficient (Wildman–Crippen LogP) is 2.57. The Hall–Kier alpha value is -2.17. The lowest BCUT2D eigenvalue weighted by Crippen LogP contribution is -2.05. The van der Waals surface area contributed by atoms with Gasteiger partial charge in [0.25, 0.3) is 0 Å². The Kier molecular flexibility index (Phi) is 4.87. The molecule has 0 saturated heterocycles. The van der Waals surface area contributed by atoms with Crippen LogP contribution in [0.5, 0.6) is 5.75 Å². The largest absolute Gasteiger partial charge is 0.493 e. The fourth-order valence-electron chi connectivity index (χ4n) is 1.96. The second-order valence-corrected chi connectivity index (χ2v) is 4.72. The van der Waals surface area contributed by atoms with Crippen molar-refractivity contribution in [2.45, 2.75) is 33.2 Å². The average molecular weight is 273 g/mol. The zero-order chi connectivity index (χ0) is 14.4. The molecule has 0 aliphatic rings. The molecule has 0 atom stereocenters. The molecule has 5 heteroatoms. The topological polar surface area (TPSA) is 57.0 Å². The lowest BCUT2D eigenvalue weighted by Gasteiger charge is -2.08. The van der Waals surface area contributed by atoms with Gasteiger partial charge in [-0.05, 0) is 38.3 Å². The monoisotopic (exact) mass is 273 g/mol. The van der Waals surface area contributed by atoms with Crippen LogP contribution in [0.1, 0.15) is 34.6 Å². The van der Waals surface area contributed by atoms with E-state index < -0.39 is 0 Å². The highest BCUT2D eigenvalue weighted by molar-refractivity contribution is 5.72. The van der Waals surface area contributed by atoms with Crippen molar-refractivity contribution in [3.63, 3.8) is 0 Å². The zero-order valence-corrected chi connectivity index (χ0v) is 11.9. The lowest BCUT2D eigenvalue weighted by atomic mass is 10.2. The number of carbonyl (C=O) groups is 1. The summed E-state index contributed by atoms with van der Waals surface area (Å²) in [6.07, 6.45) is 2.61. The van der Waals surface area contributed by atoms with Crippen LogP contribution in [-0.4, -0.2) is 27.9 Å². The maximum absolute atomic E-state index is 10.7. The highest BCUT2D eigenvalue weighted by Gasteiger charge is 2.06. The molecule has 1 aromatic heterocycles. The Balaban J connectivity index is 1.73. The minimum atomic E-state index is 0.418. The Bertz CT molecular complexity index is 578. The van der Waals surface area contributed by atoms with Gasteiger partial charge in [0.2, 0.25) is 0 Å². The zero-order valence-electron chi connectivity index (χ0n) is 11.9. The minimum absolute atomic E-state index is 0.418. The molecular weight excluding hydrogens is 254 g/mol. The molecule has 1 aromatic carbocycles. The number of para-hydroxylation sites is 1. The molecule has 0 bridgehead atoms. The van der Waals surface area contributed by atoms with Gasteiger partial charge in [-0.1, -0.05) is 23.4 Å². The second-order valence-electron chi connectivity index (χ2n) is 4.72. The number of aldehydes is 1. The molecule has 5 nitrogen and oxygen atoms in total. The van der Waals surface area contributed by atoms with Gasteiger partial charge in [-0.3, -0.25) is 4.79 Å². The maximum atomic E-state index is 10.7. The fourth-order valence-corrected chi connectivity index (χ4v) is 1.96. The Morgan fingerprint density at radius 1 is 1.25 bits per heavy atom. The lowest BCUT2D eigenvalue weighted by molar-refractivity contribution is 0.111. The first kappa shape index (κ1) is 14.2. The van der Waals surface area contributed by atoms with Gasteiger partial charge >= 0.3 is 0 Å². The highest BCUT2D eigenvalue weighted by atomic mass is 16.5. The Labute approximate surface area is 118 Å². The van der Waals surface area contributed by atoms with Gasteiger partial charge < -0.3 is 4.74 Å². The maximum Gasteiger partial charge on any atom is 0.172 e. The van der Waals surface area contributed by atoms with Gasteiger partial charge in [0.05, 0.1) is 12.3 Å². The summed E-state index contributed by atoms with van der Waals surface area (Å²) >= 11 is 0. The van der Waals surface area contributed by atoms with Gasteiger partial charge in [0.15, 0.2) is 6.29 Å². The van der Waals surface area contributed by atoms with Crippen LogP contribution in [0, 0.1) is 13.8 Å². The van der Waals surface area contributed by atoms with E-state index in [9.17, 15) is 4.79 Å². The smallest absolute Gasteiger partial charge is 0.172 e. The highest BCUT2D eigenvalue weighted by Crippen LogP contribution is 2.16. The van der Waals surface area contributed by atoms with E-state index in [0.717, 1.165) is 42.7 Å². The Morgan fingerprint density at radius 3 is 2.75 bits per heavy atom. The van der Waals surface area contributed by atoms with Gasteiger partial charge in [0, 0.05) is 6.54 Å². The van der Waals surface area contributed by atoms with E-state index in [2.05, 4.69) is 10.3 Å². The van der Waals surface area contributed by atoms with E-state index in [1.165, 1.54) is 0 Å². The van der Waals surface area contributed by atoms with Crippen LogP contribution in [0.15, 0.2) is 24.3 Å². The van der Waals surface area contributed by atoms with Crippen LogP contribution in [-0.2, 0) is 6.54 Å². The first-order valence-electron chi connectivity index (χ1n) is 6.76. The summed E-state index contributed by atoms with van der Waals surface area (Å²) in [5.74, 6) is 0.938. The number of aromatic nitrogens is 3. The summed E-state index contributed by atoms with van der Waals surface area (Å²) < 4.78 is 7.49. The van der Waals surface area contributed by atoms with Gasteiger partial charge in [-0.2, -0.15) is 0 Å². The van der Waals surface area contributed by atoms with E-state index >= 15 is 0 Å². The molecule has 106 valence electrons. The van der Waals surface area contributed by atoms with Crippen LogP contribution in [0.2, 0.25) is 0 Å². The molecule has 0 radical (unpaired) electrons. The number of aryl methyl sites for hydroxylation is 2. The third-order valence-corrected chi connectivity index (χ3v) is 3.25. The predicted molar refractivity (Wildman–Crippen MR) is 76.1 cm³/mol. The molecule has 0 amide bonds. The van der Waals surface area contributed by atoms with E-state index in [4.69, 9.17) is 4.74 Å². The quantitative estimate of drug-likeness (QED) is 0.574. The molecule has 1 heterocycles. The number of hydrogen-bond donors (Lipinski definition) is 0. The molecule has 2 rings (SSSR count). The van der Waals surface area contributed by atoms with Gasteiger partial charge in [-0.25, -0.2) is 4.68 Å². The number of nitrogens with zero attached hydrogens (tertiary/aromatic N) is 3. The molecule has 0 aliphatic carbocycles. The molecule has 0 fully saturated rings. The van der Waals surface area contributed by atoms with Crippen LogP contribution >= 0.6 is 0 Å². The average Bonchev–Trinajstić information content (AvgIpc) is 2.81. The number of unbranched alkanes of at least 4 members (excludes halogenated alkanes) is 1. The third-order valence-electron chi connectivity index (χ3n) is 3.25. The van der Waals surface area contributed by atoms with Crippen LogP contribution < -0.4 is 4.74 Å². The number of carbonyl (C=O) groups excluding carboxylic acids is 1. The summed E-state index contributed by atoms with van der Waals surface area (Å²) in [6.45, 7) is 5.32. The normalized spacial score (nSPS) is 10.5. The Morgan fingerprint density at radius 2 is 2.05 bits per heavy atom. The molecule has 0 N–H and O–H groups in total. The molecule has 0 aliphatic heterocycles. The standard InChI is InChI=1S/C15H19N3O2/c1-12-7-3-4-8-15(12)20-10-6-5-9-18-13(2)14(11-19)16-17-18/h3-4,7-8,11H,5-6,9-10H2,1-2H3. The van der Waals surface area contributed by atoms with Crippen molar-refractivity contribution < 1.29 is 9.53 Å². The van der Waals surface area contributed by atoms with Crippen molar-refractivity contribution in [3.05, 3.63) is 41.2 Å². The number of hydrogen-bond acceptors (Lipinski definition) is 4. The van der Waals surface area contributed by atoms with Crippen molar-refractivity contribution in [3.8, 4) is 5.75 Å². The summed E-state index contributed by atoms with van der Waals surface area (Å²) in [5, 5.41) is 7.76. The molecule has 20 heavy (non-hydrogen) atoms. The third kappa shape index (κ3) is 3.44. The van der Waals surface area contributed by atoms with Crippen molar-refractivity contribution in [1.29, 1.82) is 0 Å². The van der Waals surface area contributed by atoms with Crippen LogP contribution in [0.25, 0.3) is 0 Å². The second kappa shape index (κ2) is 6.84. The summed E-state index contributed by atoms with van der Waals surface area (Å²) in [5.41, 5.74) is 2.39. The SMILES string of the molecule is Cc1ccccc1OCCCCn1nnc(C=O)c1C. The molecular formula is C15H19N3O2. The first-order valence-corrected chi connectivity index (χ1v) is 6.76. The van der Waals surface area contributed by atoms with Gasteiger partial charge in [-0.15, -0.1) is 5.10 Å². The van der Waals surface area contributed by atoms with E-state index in [1.54, 1.807) is 4.68 Å². The van der Waals surface area contributed by atoms with Crippen molar-refractivity contribution in [1.82, 2.24) is 15.0 Å². The molecule has 0 unspecified atom stereocenters. The summed E-state index contributed by atoms with van der Waals surface area (Å²) in [6, 6.07) is 7.99. The first-order chi connectivity index (χ1) is 9.72. The van der Waals surface area contributed by atoms with Crippen LogP contribution in [0.4, 0.5) is 0 Å². The molecule has 0 saturated carbocycles. The fraction of sp³-hybridized carbons (Fsp3) is 0.400. The van der Waals surface area contributed by atoms with E-state index in [0.29, 0.717) is 12.3 Å². The van der Waals surface area contributed by atoms with Crippen molar-refractivity contribution in [2.24, 2.45) is 0 Å². The number of rotatable bonds is 7. The van der Waals surface area contributed by atoms with Crippen molar-refractivity contribution >= 4 is 6.29 Å². The number of benzene rings is 1.